The first-order valence-corrected chi connectivity index (χ1v) is 6.84. The Morgan fingerprint density at radius 1 is 1.40 bits per heavy atom. The van der Waals surface area contributed by atoms with Crippen molar-refractivity contribution in [1.29, 1.82) is 0 Å². The fourth-order valence-electron chi connectivity index (χ4n) is 2.62. The van der Waals surface area contributed by atoms with Crippen molar-refractivity contribution in [3.05, 3.63) is 17.6 Å². The van der Waals surface area contributed by atoms with Crippen LogP contribution in [0.3, 0.4) is 0 Å². The number of hydrogen-bond donors (Lipinski definition) is 1. The molecule has 1 aromatic heterocycles. The first-order chi connectivity index (χ1) is 9.51. The van der Waals surface area contributed by atoms with Crippen molar-refractivity contribution in [1.82, 2.24) is 9.97 Å². The van der Waals surface area contributed by atoms with Gasteiger partial charge in [-0.3, -0.25) is 0 Å². The smallest absolute Gasteiger partial charge is 0.334 e. The van der Waals surface area contributed by atoms with E-state index >= 15 is 0 Å². The van der Waals surface area contributed by atoms with Crippen LogP contribution in [0.5, 0.6) is 0 Å². The molecule has 110 valence electrons. The highest BCUT2D eigenvalue weighted by Gasteiger charge is 2.30. The van der Waals surface area contributed by atoms with Gasteiger partial charge >= 0.3 is 5.97 Å². The van der Waals surface area contributed by atoms with E-state index < -0.39 is 12.1 Å². The SMILES string of the molecule is COC(=O)C(O)C1CCN(c2cc(C)nc(C)n2)CC1. The van der Waals surface area contributed by atoms with Gasteiger partial charge in [0.05, 0.1) is 7.11 Å². The van der Waals surface area contributed by atoms with Gasteiger partial charge in [-0.15, -0.1) is 0 Å². The standard InChI is InChI=1S/C14H21N3O3/c1-9-8-12(16-10(2)15-9)17-6-4-11(5-7-17)13(18)14(19)20-3/h8,11,13,18H,4-7H2,1-3H3. The summed E-state index contributed by atoms with van der Waals surface area (Å²) in [5.74, 6) is 1.10. The molecule has 0 bridgehead atoms. The van der Waals surface area contributed by atoms with E-state index in [0.29, 0.717) is 0 Å². The molecular weight excluding hydrogens is 258 g/mol. The Labute approximate surface area is 118 Å². The molecule has 0 radical (unpaired) electrons. The molecule has 6 heteroatoms. The van der Waals surface area contributed by atoms with Crippen LogP contribution in [0.1, 0.15) is 24.4 Å². The lowest BCUT2D eigenvalue weighted by Gasteiger charge is -2.34. The Hall–Kier alpha value is -1.69. The summed E-state index contributed by atoms with van der Waals surface area (Å²) in [5, 5.41) is 9.87. The van der Waals surface area contributed by atoms with E-state index in [0.717, 1.165) is 43.3 Å². The molecule has 1 aromatic rings. The number of piperidine rings is 1. The van der Waals surface area contributed by atoms with Gasteiger partial charge in [-0.1, -0.05) is 0 Å². The molecule has 1 N–H and O–H groups in total. The van der Waals surface area contributed by atoms with Crippen molar-refractivity contribution < 1.29 is 14.6 Å². The molecule has 0 aromatic carbocycles. The zero-order chi connectivity index (χ0) is 14.7. The van der Waals surface area contributed by atoms with Crippen molar-refractivity contribution in [2.24, 2.45) is 5.92 Å². The van der Waals surface area contributed by atoms with Gasteiger partial charge in [0.15, 0.2) is 6.10 Å². The van der Waals surface area contributed by atoms with Crippen LogP contribution in [0.15, 0.2) is 6.07 Å². The number of carbonyl (C=O) groups is 1. The van der Waals surface area contributed by atoms with Crippen molar-refractivity contribution in [2.75, 3.05) is 25.1 Å². The third kappa shape index (κ3) is 3.25. The number of aromatic nitrogens is 2. The monoisotopic (exact) mass is 279 g/mol. The molecule has 0 amide bonds. The maximum atomic E-state index is 11.3. The van der Waals surface area contributed by atoms with Crippen molar-refractivity contribution in [3.63, 3.8) is 0 Å². The molecule has 2 rings (SSSR count). The normalized spacial score (nSPS) is 17.9. The first kappa shape index (κ1) is 14.7. The van der Waals surface area contributed by atoms with Crippen molar-refractivity contribution in [2.45, 2.75) is 32.8 Å². The minimum absolute atomic E-state index is 0.0391. The average Bonchev–Trinajstić information content (AvgIpc) is 2.45. The number of aliphatic hydroxyl groups is 1. The average molecular weight is 279 g/mol. The first-order valence-electron chi connectivity index (χ1n) is 6.84. The molecular formula is C14H21N3O3. The fraction of sp³-hybridized carbons (Fsp3) is 0.643. The van der Waals surface area contributed by atoms with Gasteiger partial charge in [-0.25, -0.2) is 14.8 Å². The molecule has 1 fully saturated rings. The van der Waals surface area contributed by atoms with Gasteiger partial charge in [0.1, 0.15) is 11.6 Å². The Morgan fingerprint density at radius 3 is 2.60 bits per heavy atom. The summed E-state index contributed by atoms with van der Waals surface area (Å²) < 4.78 is 4.59. The largest absolute Gasteiger partial charge is 0.467 e. The maximum absolute atomic E-state index is 11.3. The van der Waals surface area contributed by atoms with Crippen molar-refractivity contribution in [3.8, 4) is 0 Å². The zero-order valence-electron chi connectivity index (χ0n) is 12.2. The molecule has 1 aliphatic heterocycles. The molecule has 20 heavy (non-hydrogen) atoms. The van der Waals surface area contributed by atoms with Crippen LogP contribution in [0.4, 0.5) is 5.82 Å². The van der Waals surface area contributed by atoms with Crippen LogP contribution in [0.2, 0.25) is 0 Å². The number of carbonyl (C=O) groups excluding carboxylic acids is 1. The van der Waals surface area contributed by atoms with E-state index in [1.54, 1.807) is 0 Å². The molecule has 6 nitrogen and oxygen atoms in total. The summed E-state index contributed by atoms with van der Waals surface area (Å²) >= 11 is 0. The summed E-state index contributed by atoms with van der Waals surface area (Å²) in [6, 6.07) is 1.96. The molecule has 1 atom stereocenters. The Morgan fingerprint density at radius 2 is 2.05 bits per heavy atom. The highest BCUT2D eigenvalue weighted by molar-refractivity contribution is 5.74. The molecule has 1 unspecified atom stereocenters. The zero-order valence-corrected chi connectivity index (χ0v) is 12.2. The van der Waals surface area contributed by atoms with Crippen LogP contribution in [-0.2, 0) is 9.53 Å². The molecule has 1 saturated heterocycles. The summed E-state index contributed by atoms with van der Waals surface area (Å²) in [5.41, 5.74) is 0.948. The summed E-state index contributed by atoms with van der Waals surface area (Å²) in [6.07, 6.45) is 0.479. The lowest BCUT2D eigenvalue weighted by Crippen LogP contribution is -2.41. The van der Waals surface area contributed by atoms with Gasteiger partial charge in [-0.2, -0.15) is 0 Å². The van der Waals surface area contributed by atoms with E-state index in [2.05, 4.69) is 19.6 Å². The third-order valence-electron chi connectivity index (χ3n) is 3.71. The topological polar surface area (TPSA) is 75.6 Å². The van der Waals surface area contributed by atoms with Gasteiger partial charge in [0.25, 0.3) is 0 Å². The Kier molecular flexibility index (Phi) is 4.54. The number of aliphatic hydroxyl groups excluding tert-OH is 1. The van der Waals surface area contributed by atoms with E-state index in [1.165, 1.54) is 7.11 Å². The highest BCUT2D eigenvalue weighted by atomic mass is 16.5. The summed E-state index contributed by atoms with van der Waals surface area (Å²) in [6.45, 7) is 5.37. The number of nitrogens with zero attached hydrogens (tertiary/aromatic N) is 3. The Bertz CT molecular complexity index is 464. The van der Waals surface area contributed by atoms with E-state index in [1.807, 2.05) is 19.9 Å². The van der Waals surface area contributed by atoms with E-state index in [-0.39, 0.29) is 5.92 Å². The van der Waals surface area contributed by atoms with Crippen molar-refractivity contribution >= 4 is 11.8 Å². The lowest BCUT2D eigenvalue weighted by atomic mass is 9.91. The molecule has 0 spiro atoms. The molecule has 0 saturated carbocycles. The number of esters is 1. The van der Waals surface area contributed by atoms with E-state index in [4.69, 9.17) is 0 Å². The lowest BCUT2D eigenvalue weighted by molar-refractivity contribution is -0.153. The van der Waals surface area contributed by atoms with Gasteiger partial charge in [0, 0.05) is 24.8 Å². The van der Waals surface area contributed by atoms with E-state index in [9.17, 15) is 9.90 Å². The molecule has 2 heterocycles. The van der Waals surface area contributed by atoms with Crippen LogP contribution in [0, 0.1) is 19.8 Å². The van der Waals surface area contributed by atoms with Crippen LogP contribution in [0.25, 0.3) is 0 Å². The second-order valence-corrected chi connectivity index (χ2v) is 5.21. The fourth-order valence-corrected chi connectivity index (χ4v) is 2.62. The van der Waals surface area contributed by atoms with Crippen LogP contribution in [-0.4, -0.2) is 47.3 Å². The molecule has 1 aliphatic rings. The predicted octanol–water partition coefficient (Wildman–Crippen LogP) is 0.844. The second-order valence-electron chi connectivity index (χ2n) is 5.21. The summed E-state index contributed by atoms with van der Waals surface area (Å²) in [4.78, 5) is 22.2. The number of anilines is 1. The van der Waals surface area contributed by atoms with Gasteiger partial charge in [0.2, 0.25) is 0 Å². The minimum atomic E-state index is -1.02. The van der Waals surface area contributed by atoms with Gasteiger partial charge < -0.3 is 14.7 Å². The Balaban J connectivity index is 1.99. The minimum Gasteiger partial charge on any atom is -0.467 e. The predicted molar refractivity (Wildman–Crippen MR) is 74.5 cm³/mol. The van der Waals surface area contributed by atoms with Crippen LogP contribution < -0.4 is 4.90 Å². The highest BCUT2D eigenvalue weighted by Crippen LogP contribution is 2.25. The second kappa shape index (κ2) is 6.17. The number of aryl methyl sites for hydroxylation is 2. The maximum Gasteiger partial charge on any atom is 0.334 e. The molecule has 0 aliphatic carbocycles. The number of rotatable bonds is 3. The third-order valence-corrected chi connectivity index (χ3v) is 3.71. The van der Waals surface area contributed by atoms with Gasteiger partial charge in [-0.05, 0) is 32.6 Å². The number of hydrogen-bond acceptors (Lipinski definition) is 6. The number of methoxy groups -OCH3 is 1. The summed E-state index contributed by atoms with van der Waals surface area (Å²) in [7, 11) is 1.30. The number of ether oxygens (including phenoxy) is 1. The van der Waals surface area contributed by atoms with Crippen LogP contribution >= 0.6 is 0 Å². The quantitative estimate of drug-likeness (QED) is 0.827.